The Morgan fingerprint density at radius 1 is 1.03 bits per heavy atom. The number of aromatic hydroxyl groups is 1. The van der Waals surface area contributed by atoms with Crippen molar-refractivity contribution in [3.05, 3.63) is 54.1 Å². The number of alkyl carbamates (subject to hydrolysis) is 1. The van der Waals surface area contributed by atoms with E-state index in [-0.39, 0.29) is 12.3 Å². The van der Waals surface area contributed by atoms with Gasteiger partial charge in [0.25, 0.3) is 5.91 Å². The number of hydrogen-bond acceptors (Lipinski definition) is 6. The number of phenolic OH excluding ortho intramolecular Hbond substituents is 1. The second-order valence-electron chi connectivity index (χ2n) is 8.07. The number of phenols is 1. The van der Waals surface area contributed by atoms with Crippen molar-refractivity contribution < 1.29 is 29.0 Å². The van der Waals surface area contributed by atoms with E-state index >= 15 is 0 Å². The Balaban J connectivity index is 2.18. The highest BCUT2D eigenvalue weighted by Gasteiger charge is 2.29. The summed E-state index contributed by atoms with van der Waals surface area (Å²) in [5.41, 5.74) is 0.306. The number of nitrogens with zero attached hydrogens (tertiary/aromatic N) is 1. The summed E-state index contributed by atoms with van der Waals surface area (Å²) in [5.74, 6) is -0.296. The SMILES string of the molecule is COc1ccc(NC(=O)C(c2ccc(O)cc2)N(C)C(=O)CNC(=O)OC(C)(C)C)cc1. The molecule has 2 rings (SSSR count). The van der Waals surface area contributed by atoms with Gasteiger partial charge in [-0.25, -0.2) is 4.79 Å². The average Bonchev–Trinajstić information content (AvgIpc) is 2.72. The van der Waals surface area contributed by atoms with Crippen molar-refractivity contribution in [2.45, 2.75) is 32.4 Å². The monoisotopic (exact) mass is 443 g/mol. The minimum absolute atomic E-state index is 0.0311. The number of methoxy groups -OCH3 is 1. The zero-order valence-corrected chi connectivity index (χ0v) is 18.8. The van der Waals surface area contributed by atoms with Crippen LogP contribution in [0, 0.1) is 0 Å². The Hall–Kier alpha value is -3.75. The molecule has 0 spiro atoms. The Bertz CT molecular complexity index is 936. The largest absolute Gasteiger partial charge is 0.508 e. The summed E-state index contributed by atoms with van der Waals surface area (Å²) in [5, 5.41) is 14.8. The minimum atomic E-state index is -1.01. The first-order valence-electron chi connectivity index (χ1n) is 9.96. The van der Waals surface area contributed by atoms with Gasteiger partial charge in [0, 0.05) is 12.7 Å². The number of likely N-dealkylation sites (N-methyl/N-ethyl adjacent to an activating group) is 1. The summed E-state index contributed by atoms with van der Waals surface area (Å²) in [6.07, 6.45) is -0.733. The summed E-state index contributed by atoms with van der Waals surface area (Å²) < 4.78 is 10.2. The maximum absolute atomic E-state index is 13.1. The maximum atomic E-state index is 13.1. The Labute approximate surface area is 187 Å². The molecule has 172 valence electrons. The molecule has 0 aliphatic heterocycles. The topological polar surface area (TPSA) is 117 Å². The molecular weight excluding hydrogens is 414 g/mol. The van der Waals surface area contributed by atoms with Crippen LogP contribution in [0.25, 0.3) is 0 Å². The molecule has 0 fully saturated rings. The van der Waals surface area contributed by atoms with E-state index in [4.69, 9.17) is 9.47 Å². The third kappa shape index (κ3) is 7.19. The molecule has 3 N–H and O–H groups in total. The standard InChI is InChI=1S/C23H29N3O6/c1-23(2,3)32-22(30)24-14-19(28)26(4)20(15-6-10-17(27)11-7-15)21(29)25-16-8-12-18(31-5)13-9-16/h6-13,20,27H,14H2,1-5H3,(H,24,30)(H,25,29). The number of rotatable bonds is 7. The van der Waals surface area contributed by atoms with Gasteiger partial charge in [0.1, 0.15) is 29.7 Å². The number of anilines is 1. The highest BCUT2D eigenvalue weighted by atomic mass is 16.6. The molecule has 3 amide bonds. The smallest absolute Gasteiger partial charge is 0.408 e. The third-order valence-corrected chi connectivity index (χ3v) is 4.38. The van der Waals surface area contributed by atoms with Gasteiger partial charge in [0.05, 0.1) is 7.11 Å². The van der Waals surface area contributed by atoms with Gasteiger partial charge in [-0.1, -0.05) is 12.1 Å². The fourth-order valence-corrected chi connectivity index (χ4v) is 2.82. The van der Waals surface area contributed by atoms with E-state index in [0.29, 0.717) is 17.0 Å². The molecule has 0 aliphatic rings. The first-order chi connectivity index (χ1) is 15.0. The number of nitrogens with one attached hydrogen (secondary N) is 2. The molecule has 9 nitrogen and oxygen atoms in total. The Morgan fingerprint density at radius 3 is 2.16 bits per heavy atom. The lowest BCUT2D eigenvalue weighted by molar-refractivity contribution is -0.136. The molecule has 9 heteroatoms. The molecular formula is C23H29N3O6. The average molecular weight is 444 g/mol. The van der Waals surface area contributed by atoms with Crippen molar-refractivity contribution >= 4 is 23.6 Å². The molecule has 0 aliphatic carbocycles. The Kier molecular flexibility index (Phi) is 8.06. The van der Waals surface area contributed by atoms with Crippen LogP contribution in [0.5, 0.6) is 11.5 Å². The van der Waals surface area contributed by atoms with E-state index in [9.17, 15) is 19.5 Å². The molecule has 0 radical (unpaired) electrons. The van der Waals surface area contributed by atoms with E-state index in [1.54, 1.807) is 64.3 Å². The van der Waals surface area contributed by atoms with E-state index in [0.717, 1.165) is 0 Å². The number of ether oxygens (including phenoxy) is 2. The third-order valence-electron chi connectivity index (χ3n) is 4.38. The molecule has 2 aromatic rings. The summed E-state index contributed by atoms with van der Waals surface area (Å²) in [6, 6.07) is 11.7. The highest BCUT2D eigenvalue weighted by molar-refractivity contribution is 5.98. The van der Waals surface area contributed by atoms with Gasteiger partial charge in [-0.15, -0.1) is 0 Å². The second-order valence-corrected chi connectivity index (χ2v) is 8.07. The van der Waals surface area contributed by atoms with Crippen LogP contribution in [-0.2, 0) is 14.3 Å². The van der Waals surface area contributed by atoms with E-state index in [1.165, 1.54) is 24.1 Å². The zero-order chi connectivity index (χ0) is 23.9. The number of amides is 3. The van der Waals surface area contributed by atoms with Crippen LogP contribution in [-0.4, -0.2) is 54.2 Å². The van der Waals surface area contributed by atoms with Gasteiger partial charge in [0.2, 0.25) is 5.91 Å². The fraction of sp³-hybridized carbons (Fsp3) is 0.348. The van der Waals surface area contributed by atoms with Gasteiger partial charge < -0.3 is 30.1 Å². The number of benzene rings is 2. The van der Waals surface area contributed by atoms with Gasteiger partial charge in [0.15, 0.2) is 0 Å². The Morgan fingerprint density at radius 2 is 1.62 bits per heavy atom. The first kappa shape index (κ1) is 24.5. The molecule has 32 heavy (non-hydrogen) atoms. The van der Waals surface area contributed by atoms with Gasteiger partial charge in [-0.3, -0.25) is 9.59 Å². The molecule has 0 bridgehead atoms. The van der Waals surface area contributed by atoms with Crippen molar-refractivity contribution in [3.63, 3.8) is 0 Å². The highest BCUT2D eigenvalue weighted by Crippen LogP contribution is 2.24. The molecule has 0 saturated carbocycles. The quantitative estimate of drug-likeness (QED) is 0.606. The van der Waals surface area contributed by atoms with Gasteiger partial charge >= 0.3 is 6.09 Å². The predicted octanol–water partition coefficient (Wildman–Crippen LogP) is 3.06. The molecule has 0 aromatic heterocycles. The number of hydrogen-bond donors (Lipinski definition) is 3. The summed E-state index contributed by atoms with van der Waals surface area (Å²) in [7, 11) is 3.00. The van der Waals surface area contributed by atoms with Crippen LogP contribution in [0.4, 0.5) is 10.5 Å². The van der Waals surface area contributed by atoms with Crippen LogP contribution in [0.3, 0.4) is 0 Å². The molecule has 2 aromatic carbocycles. The molecule has 1 unspecified atom stereocenters. The molecule has 0 heterocycles. The van der Waals surface area contributed by atoms with Crippen molar-refractivity contribution in [3.8, 4) is 11.5 Å². The van der Waals surface area contributed by atoms with E-state index < -0.39 is 29.6 Å². The van der Waals surface area contributed by atoms with Crippen molar-refractivity contribution in [1.29, 1.82) is 0 Å². The van der Waals surface area contributed by atoms with Crippen molar-refractivity contribution in [1.82, 2.24) is 10.2 Å². The summed E-state index contributed by atoms with van der Waals surface area (Å²) in [6.45, 7) is 4.79. The van der Waals surface area contributed by atoms with Gasteiger partial charge in [-0.2, -0.15) is 0 Å². The maximum Gasteiger partial charge on any atom is 0.408 e. The van der Waals surface area contributed by atoms with Crippen LogP contribution in [0.1, 0.15) is 32.4 Å². The lowest BCUT2D eigenvalue weighted by atomic mass is 10.0. The minimum Gasteiger partial charge on any atom is -0.508 e. The van der Waals surface area contributed by atoms with Crippen LogP contribution in [0.15, 0.2) is 48.5 Å². The fourth-order valence-electron chi connectivity index (χ4n) is 2.82. The van der Waals surface area contributed by atoms with Crippen LogP contribution in [0.2, 0.25) is 0 Å². The van der Waals surface area contributed by atoms with Crippen molar-refractivity contribution in [2.24, 2.45) is 0 Å². The zero-order valence-electron chi connectivity index (χ0n) is 18.8. The molecule has 0 saturated heterocycles. The first-order valence-corrected chi connectivity index (χ1v) is 9.96. The predicted molar refractivity (Wildman–Crippen MR) is 119 cm³/mol. The number of carbonyl (C=O) groups excluding carboxylic acids is 3. The van der Waals surface area contributed by atoms with E-state index in [1.807, 2.05) is 0 Å². The van der Waals surface area contributed by atoms with Crippen molar-refractivity contribution in [2.75, 3.05) is 26.0 Å². The number of carbonyl (C=O) groups is 3. The summed E-state index contributed by atoms with van der Waals surface area (Å²) >= 11 is 0. The second kappa shape index (κ2) is 10.5. The lowest BCUT2D eigenvalue weighted by Crippen LogP contribution is -2.44. The molecule has 1 atom stereocenters. The summed E-state index contributed by atoms with van der Waals surface area (Å²) in [4.78, 5) is 39.0. The van der Waals surface area contributed by atoms with Crippen LogP contribution < -0.4 is 15.4 Å². The van der Waals surface area contributed by atoms with Gasteiger partial charge in [-0.05, 0) is 62.7 Å². The van der Waals surface area contributed by atoms with E-state index in [2.05, 4.69) is 10.6 Å². The van der Waals surface area contributed by atoms with Crippen LogP contribution >= 0.6 is 0 Å². The normalized spacial score (nSPS) is 11.8. The lowest BCUT2D eigenvalue weighted by Gasteiger charge is -2.28.